The third kappa shape index (κ3) is 7.02. The van der Waals surface area contributed by atoms with Gasteiger partial charge >= 0.3 is 12.1 Å². The van der Waals surface area contributed by atoms with Crippen molar-refractivity contribution in [3.05, 3.63) is 71.8 Å². The number of imidazole rings is 1. The van der Waals surface area contributed by atoms with Crippen molar-refractivity contribution < 1.29 is 23.8 Å². The lowest BCUT2D eigenvalue weighted by Crippen LogP contribution is -2.37. The zero-order chi connectivity index (χ0) is 29.9. The number of nitrogens with zero attached hydrogens (tertiary/aromatic N) is 5. The van der Waals surface area contributed by atoms with Gasteiger partial charge in [0.2, 0.25) is 5.95 Å². The van der Waals surface area contributed by atoms with Gasteiger partial charge in [-0.3, -0.25) is 4.79 Å². The number of ether oxygens (including phenoxy) is 1. The fourth-order valence-electron chi connectivity index (χ4n) is 5.12. The zero-order valence-corrected chi connectivity index (χ0v) is 24.0. The number of hydrogen-bond donors (Lipinski definition) is 2. The summed E-state index contributed by atoms with van der Waals surface area (Å²) in [7, 11) is 0. The number of carboxylic acid groups (broad SMARTS) is 1. The predicted molar refractivity (Wildman–Crippen MR) is 157 cm³/mol. The van der Waals surface area contributed by atoms with Gasteiger partial charge < -0.3 is 19.7 Å². The molecule has 1 fully saturated rings. The Labute approximate surface area is 243 Å². The van der Waals surface area contributed by atoms with E-state index in [0.29, 0.717) is 17.1 Å². The second-order valence-electron chi connectivity index (χ2n) is 11.6. The molecule has 2 heterocycles. The van der Waals surface area contributed by atoms with Crippen LogP contribution in [-0.4, -0.2) is 42.3 Å². The number of carboxylic acids is 1. The number of fused-ring (bicyclic) bond motifs is 1. The predicted octanol–water partition coefficient (Wildman–Crippen LogP) is 6.78. The number of benzene rings is 2. The number of aliphatic carboxylic acids is 1. The lowest BCUT2D eigenvalue weighted by Gasteiger charge is -2.27. The topological polar surface area (TPSA) is 122 Å². The maximum absolute atomic E-state index is 13.6. The van der Waals surface area contributed by atoms with Crippen molar-refractivity contribution >= 4 is 40.7 Å². The normalized spacial score (nSPS) is 14.1. The van der Waals surface area contributed by atoms with Crippen LogP contribution in [0.1, 0.15) is 69.9 Å². The SMILES string of the molecule is CC(C)(C)OC(=O)N(Cc1ccc(C2CCCCC2)cc1)c1nc(Nc2ccc(F)cc2)c2ncn(CC(=O)O)c2n1. The molecular formula is C31H35FN6O4. The summed E-state index contributed by atoms with van der Waals surface area (Å²) in [5.74, 6) is -0.693. The Morgan fingerprint density at radius 2 is 1.74 bits per heavy atom. The second kappa shape index (κ2) is 12.1. The first-order valence-electron chi connectivity index (χ1n) is 14.1. The third-order valence-electron chi connectivity index (χ3n) is 7.12. The summed E-state index contributed by atoms with van der Waals surface area (Å²) in [4.78, 5) is 40.0. The zero-order valence-electron chi connectivity index (χ0n) is 24.0. The third-order valence-corrected chi connectivity index (χ3v) is 7.12. The van der Waals surface area contributed by atoms with Crippen LogP contribution in [-0.2, 0) is 22.6 Å². The average Bonchev–Trinajstić information content (AvgIpc) is 3.35. The number of rotatable bonds is 8. The summed E-state index contributed by atoms with van der Waals surface area (Å²) < 4.78 is 20.7. The maximum Gasteiger partial charge on any atom is 0.417 e. The summed E-state index contributed by atoms with van der Waals surface area (Å²) in [5, 5.41) is 12.6. The van der Waals surface area contributed by atoms with Crippen molar-refractivity contribution in [2.24, 2.45) is 0 Å². The lowest BCUT2D eigenvalue weighted by molar-refractivity contribution is -0.137. The van der Waals surface area contributed by atoms with E-state index in [1.165, 1.54) is 77.7 Å². The van der Waals surface area contributed by atoms with Crippen LogP contribution >= 0.6 is 0 Å². The average molecular weight is 575 g/mol. The summed E-state index contributed by atoms with van der Waals surface area (Å²) >= 11 is 0. The fourth-order valence-corrected chi connectivity index (χ4v) is 5.12. The molecule has 4 aromatic rings. The smallest absolute Gasteiger partial charge is 0.417 e. The molecule has 0 radical (unpaired) electrons. The van der Waals surface area contributed by atoms with Gasteiger partial charge in [0.05, 0.1) is 12.9 Å². The van der Waals surface area contributed by atoms with Crippen LogP contribution in [0.4, 0.5) is 26.6 Å². The molecule has 1 aliphatic rings. The highest BCUT2D eigenvalue weighted by molar-refractivity contribution is 5.91. The molecule has 220 valence electrons. The van der Waals surface area contributed by atoms with E-state index in [2.05, 4.69) is 32.4 Å². The van der Waals surface area contributed by atoms with E-state index < -0.39 is 30.0 Å². The van der Waals surface area contributed by atoms with Crippen molar-refractivity contribution in [3.8, 4) is 0 Å². The Morgan fingerprint density at radius 1 is 1.05 bits per heavy atom. The highest BCUT2D eigenvalue weighted by atomic mass is 19.1. The van der Waals surface area contributed by atoms with Crippen molar-refractivity contribution in [1.82, 2.24) is 19.5 Å². The fraction of sp³-hybridized carbons (Fsp3) is 0.387. The molecule has 0 spiro atoms. The number of nitrogens with one attached hydrogen (secondary N) is 1. The molecular weight excluding hydrogens is 539 g/mol. The van der Waals surface area contributed by atoms with Crippen molar-refractivity contribution in [2.45, 2.75) is 77.5 Å². The Bertz CT molecular complexity index is 1560. The van der Waals surface area contributed by atoms with Crippen LogP contribution < -0.4 is 10.2 Å². The molecule has 1 aliphatic carbocycles. The molecule has 2 N–H and O–H groups in total. The first-order valence-corrected chi connectivity index (χ1v) is 14.1. The molecule has 42 heavy (non-hydrogen) atoms. The first-order chi connectivity index (χ1) is 20.1. The number of hydrogen-bond acceptors (Lipinski definition) is 7. The van der Waals surface area contributed by atoms with E-state index >= 15 is 0 Å². The van der Waals surface area contributed by atoms with Crippen LogP contribution in [0.3, 0.4) is 0 Å². The quantitative estimate of drug-likeness (QED) is 0.236. The van der Waals surface area contributed by atoms with Crippen LogP contribution in [0, 0.1) is 5.82 Å². The molecule has 2 aromatic carbocycles. The summed E-state index contributed by atoms with van der Waals surface area (Å²) in [6.45, 7) is 5.05. The molecule has 0 aliphatic heterocycles. The van der Waals surface area contributed by atoms with Gasteiger partial charge in [-0.2, -0.15) is 9.97 Å². The minimum absolute atomic E-state index is 0.00450. The van der Waals surface area contributed by atoms with Gasteiger partial charge in [-0.1, -0.05) is 43.5 Å². The molecule has 0 atom stereocenters. The minimum atomic E-state index is -1.08. The van der Waals surface area contributed by atoms with E-state index in [1.807, 2.05) is 12.1 Å². The minimum Gasteiger partial charge on any atom is -0.480 e. The molecule has 0 bridgehead atoms. The van der Waals surface area contributed by atoms with E-state index in [4.69, 9.17) is 4.74 Å². The van der Waals surface area contributed by atoms with E-state index in [9.17, 15) is 19.1 Å². The van der Waals surface area contributed by atoms with Crippen LogP contribution in [0.25, 0.3) is 11.2 Å². The van der Waals surface area contributed by atoms with Gasteiger partial charge in [0.25, 0.3) is 0 Å². The van der Waals surface area contributed by atoms with Gasteiger partial charge in [-0.05, 0) is 74.9 Å². The highest BCUT2D eigenvalue weighted by Gasteiger charge is 2.28. The summed E-state index contributed by atoms with van der Waals surface area (Å²) in [5.41, 5.74) is 2.40. The maximum atomic E-state index is 13.6. The van der Waals surface area contributed by atoms with Gasteiger partial charge in [0.15, 0.2) is 17.0 Å². The number of halogens is 1. The van der Waals surface area contributed by atoms with Crippen LogP contribution in [0.2, 0.25) is 0 Å². The van der Waals surface area contributed by atoms with Crippen molar-refractivity contribution in [3.63, 3.8) is 0 Å². The number of carbonyl (C=O) groups is 2. The number of aromatic nitrogens is 4. The van der Waals surface area contributed by atoms with Gasteiger partial charge in [-0.15, -0.1) is 0 Å². The Kier molecular flexibility index (Phi) is 8.37. The molecule has 5 rings (SSSR count). The van der Waals surface area contributed by atoms with Gasteiger partial charge in [-0.25, -0.2) is 19.1 Å². The van der Waals surface area contributed by atoms with Crippen LogP contribution in [0.5, 0.6) is 0 Å². The Morgan fingerprint density at radius 3 is 2.38 bits per heavy atom. The molecule has 1 amide bonds. The van der Waals surface area contributed by atoms with Gasteiger partial charge in [0, 0.05) is 5.69 Å². The Balaban J connectivity index is 1.55. The van der Waals surface area contributed by atoms with E-state index in [1.54, 1.807) is 20.8 Å². The Hall–Kier alpha value is -4.54. The molecule has 0 unspecified atom stereocenters. The van der Waals surface area contributed by atoms with Crippen LogP contribution in [0.15, 0.2) is 54.9 Å². The standard InChI is InChI=1S/C31H35FN6O4/c1-31(2,3)42-30(41)38(17-20-9-11-22(12-10-20)21-7-5-4-6-8-21)29-35-27(34-24-15-13-23(32)14-16-24)26-28(36-29)37(19-33-26)18-25(39)40/h9-16,19,21H,4-8,17-18H2,1-3H3,(H,39,40)(H,34,35,36). The number of amides is 1. The molecule has 0 saturated heterocycles. The first kappa shape index (κ1) is 29.0. The summed E-state index contributed by atoms with van der Waals surface area (Å²) in [6.07, 6.45) is 6.84. The summed E-state index contributed by atoms with van der Waals surface area (Å²) in [6, 6.07) is 13.9. The molecule has 11 heteroatoms. The van der Waals surface area contributed by atoms with E-state index in [-0.39, 0.29) is 24.0 Å². The lowest BCUT2D eigenvalue weighted by atomic mass is 9.84. The van der Waals surface area contributed by atoms with E-state index in [0.717, 1.165) is 5.56 Å². The molecule has 1 saturated carbocycles. The largest absolute Gasteiger partial charge is 0.480 e. The highest BCUT2D eigenvalue weighted by Crippen LogP contribution is 2.33. The molecule has 2 aromatic heterocycles. The monoisotopic (exact) mass is 574 g/mol. The van der Waals surface area contributed by atoms with Gasteiger partial charge in [0.1, 0.15) is 18.0 Å². The second-order valence-corrected chi connectivity index (χ2v) is 11.6. The molecule has 10 nitrogen and oxygen atoms in total. The van der Waals surface area contributed by atoms with Crippen molar-refractivity contribution in [2.75, 3.05) is 10.2 Å². The number of carbonyl (C=O) groups excluding carboxylic acids is 1. The number of anilines is 3. The van der Waals surface area contributed by atoms with Crippen molar-refractivity contribution in [1.29, 1.82) is 0 Å².